The van der Waals surface area contributed by atoms with Crippen LogP contribution in [0.15, 0.2) is 73.6 Å². The second-order valence-corrected chi connectivity index (χ2v) is 10.8. The third kappa shape index (κ3) is 5.32. The molecule has 2 aromatic heterocycles. The van der Waals surface area contributed by atoms with Gasteiger partial charge in [0.1, 0.15) is 22.7 Å². The van der Waals surface area contributed by atoms with Crippen molar-refractivity contribution in [2.24, 2.45) is 0 Å². The Morgan fingerprint density at radius 2 is 1.81 bits per heavy atom. The average Bonchev–Trinajstić information content (AvgIpc) is 3.68. The largest absolute Gasteiger partial charge is 0.519 e. The minimum absolute atomic E-state index is 0.0222. The van der Waals surface area contributed by atoms with Crippen molar-refractivity contribution in [1.82, 2.24) is 30.8 Å². The van der Waals surface area contributed by atoms with Gasteiger partial charge in [0.05, 0.1) is 12.1 Å². The summed E-state index contributed by atoms with van der Waals surface area (Å²) < 4.78 is 10.5. The molecule has 42 heavy (non-hydrogen) atoms. The lowest BCUT2D eigenvalue weighted by molar-refractivity contribution is -0.135. The van der Waals surface area contributed by atoms with Gasteiger partial charge in [-0.1, -0.05) is 68.8 Å². The first kappa shape index (κ1) is 28.8. The first-order chi connectivity index (χ1) is 20.1. The summed E-state index contributed by atoms with van der Waals surface area (Å²) in [7, 11) is 0. The van der Waals surface area contributed by atoms with E-state index in [2.05, 4.69) is 25.9 Å². The zero-order chi connectivity index (χ0) is 30.1. The summed E-state index contributed by atoms with van der Waals surface area (Å²) in [5.74, 6) is -0.782. The van der Waals surface area contributed by atoms with E-state index in [4.69, 9.17) is 8.83 Å². The molecule has 2 unspecified atom stereocenters. The molecule has 0 aliphatic carbocycles. The van der Waals surface area contributed by atoms with Crippen LogP contribution >= 0.6 is 0 Å². The van der Waals surface area contributed by atoms with Gasteiger partial charge in [-0.2, -0.15) is 0 Å². The highest BCUT2D eigenvalue weighted by Gasteiger charge is 2.51. The van der Waals surface area contributed by atoms with Crippen LogP contribution in [0.1, 0.15) is 57.1 Å². The van der Waals surface area contributed by atoms with Gasteiger partial charge < -0.3 is 29.3 Å². The molecule has 0 fully saturated rings. The third-order valence-corrected chi connectivity index (χ3v) is 7.90. The van der Waals surface area contributed by atoms with Crippen molar-refractivity contribution < 1.29 is 23.8 Å². The summed E-state index contributed by atoms with van der Waals surface area (Å²) in [6.45, 7) is 7.24. The normalized spacial score (nSPS) is 18.3. The van der Waals surface area contributed by atoms with Gasteiger partial charge in [-0.15, -0.1) is 5.10 Å². The van der Waals surface area contributed by atoms with Gasteiger partial charge >= 0.3 is 11.8 Å². The van der Waals surface area contributed by atoms with Crippen molar-refractivity contribution in [2.75, 3.05) is 0 Å². The summed E-state index contributed by atoms with van der Waals surface area (Å²) in [4.78, 5) is 26.5. The van der Waals surface area contributed by atoms with Gasteiger partial charge in [-0.05, 0) is 53.8 Å². The van der Waals surface area contributed by atoms with Gasteiger partial charge in [0.2, 0.25) is 0 Å². The molecule has 1 aliphatic heterocycles. The molecular formula is C30H34N6O6. The van der Waals surface area contributed by atoms with E-state index in [-0.39, 0.29) is 30.8 Å². The number of tetrazole rings is 1. The molecule has 2 atom stereocenters. The Kier molecular flexibility index (Phi) is 7.74. The van der Waals surface area contributed by atoms with E-state index in [1.54, 1.807) is 25.7 Å². The van der Waals surface area contributed by atoms with Crippen LogP contribution < -0.4 is 11.1 Å². The van der Waals surface area contributed by atoms with Crippen LogP contribution in [-0.2, 0) is 17.8 Å². The van der Waals surface area contributed by atoms with Crippen LogP contribution in [0.5, 0.6) is 0 Å². The molecule has 0 amide bonds. The van der Waals surface area contributed by atoms with Crippen LogP contribution in [0.2, 0.25) is 0 Å². The van der Waals surface area contributed by atoms with Crippen LogP contribution in [0.4, 0.5) is 0 Å². The number of hydrogen-bond donors (Lipinski definition) is 4. The summed E-state index contributed by atoms with van der Waals surface area (Å²) in [6.07, 6.45) is 1.62. The number of nitrogens with one attached hydrogen (secondary N) is 2. The fourth-order valence-corrected chi connectivity index (χ4v) is 5.55. The Labute approximate surface area is 242 Å². The molecule has 4 aromatic rings. The number of benzene rings is 2. The molecule has 0 spiro atoms. The Hall–Kier alpha value is -4.71. The highest BCUT2D eigenvalue weighted by atomic mass is 16.6. The molecule has 5 rings (SSSR count). The number of aliphatic hydroxyl groups is 1. The number of carbonyl (C=O) groups is 1. The predicted octanol–water partition coefficient (Wildman–Crippen LogP) is 3.99. The molecule has 0 bridgehead atoms. The Morgan fingerprint density at radius 1 is 1.10 bits per heavy atom. The maximum atomic E-state index is 12.8. The van der Waals surface area contributed by atoms with Gasteiger partial charge in [-0.25, -0.2) is 14.7 Å². The van der Waals surface area contributed by atoms with Gasteiger partial charge in [-0.3, -0.25) is 0 Å². The maximum absolute atomic E-state index is 12.8. The predicted molar refractivity (Wildman–Crippen MR) is 153 cm³/mol. The van der Waals surface area contributed by atoms with Crippen molar-refractivity contribution in [3.05, 3.63) is 87.6 Å². The number of aryl methyl sites for hydroxylation is 1. The van der Waals surface area contributed by atoms with Crippen molar-refractivity contribution in [2.45, 2.75) is 71.2 Å². The number of carboxylic acid groups (broad SMARTS) is 1. The lowest BCUT2D eigenvalue weighted by Crippen LogP contribution is -2.55. The van der Waals surface area contributed by atoms with E-state index in [1.807, 2.05) is 55.5 Å². The summed E-state index contributed by atoms with van der Waals surface area (Å²) in [5.41, 5.74) is 1.32. The summed E-state index contributed by atoms with van der Waals surface area (Å²) in [6, 6.07) is 15.6. The molecular weight excluding hydrogens is 540 g/mol. The van der Waals surface area contributed by atoms with Crippen LogP contribution in [-0.4, -0.2) is 53.0 Å². The van der Waals surface area contributed by atoms with E-state index in [0.29, 0.717) is 30.2 Å². The first-order valence-electron chi connectivity index (χ1n) is 13.9. The number of carboxylic acids is 1. The molecule has 12 heteroatoms. The molecule has 0 saturated heterocycles. The Morgan fingerprint density at radius 3 is 2.38 bits per heavy atom. The number of aromatic amines is 1. The molecule has 4 N–H and O–H groups in total. The van der Waals surface area contributed by atoms with E-state index < -0.39 is 23.1 Å². The van der Waals surface area contributed by atoms with Crippen LogP contribution in [0.25, 0.3) is 22.5 Å². The fraction of sp³-hybridized carbons (Fsp3) is 0.367. The van der Waals surface area contributed by atoms with Crippen molar-refractivity contribution >= 4 is 5.97 Å². The van der Waals surface area contributed by atoms with E-state index >= 15 is 0 Å². The molecule has 3 heterocycles. The lowest BCUT2D eigenvalue weighted by atomic mass is 9.94. The van der Waals surface area contributed by atoms with Crippen LogP contribution in [0, 0.1) is 6.92 Å². The van der Waals surface area contributed by atoms with Gasteiger partial charge in [0.15, 0.2) is 11.6 Å². The fourth-order valence-electron chi connectivity index (χ4n) is 5.55. The number of hydrogen-bond acceptors (Lipinski definition) is 10. The molecule has 0 radical (unpaired) electrons. The average molecular weight is 575 g/mol. The number of aromatic nitrogens is 4. The zero-order valence-electron chi connectivity index (χ0n) is 24.0. The minimum Gasteiger partial charge on any atom is -0.477 e. The minimum atomic E-state index is -1.43. The molecule has 0 saturated carbocycles. The smallest absolute Gasteiger partial charge is 0.477 e. The topological polar surface area (TPSA) is 171 Å². The third-order valence-electron chi connectivity index (χ3n) is 7.90. The molecule has 1 aliphatic rings. The lowest BCUT2D eigenvalue weighted by Gasteiger charge is -2.41. The highest BCUT2D eigenvalue weighted by molar-refractivity contribution is 5.88. The number of aliphatic carboxylic acids is 1. The number of H-pyrrole nitrogens is 1. The zero-order valence-corrected chi connectivity index (χ0v) is 24.0. The second kappa shape index (κ2) is 11.3. The van der Waals surface area contributed by atoms with Crippen molar-refractivity contribution in [3.8, 4) is 22.5 Å². The van der Waals surface area contributed by atoms with Gasteiger partial charge in [0, 0.05) is 12.1 Å². The standard InChI is InChI=1S/C30H34N6O6/c1-5-15-30(16-23-18(3)41-28(39)42-23)31-25(29(4,40)6-2)24(27(37)38)36(30)17-19-11-13-20(14-12-19)21-9-7-8-10-22(21)26-32-34-35-33-26/h7-14,31,40H,5-6,15-17H2,1-4H3,(H,37,38)(H,32,33,34,35). The number of nitrogens with zero attached hydrogens (tertiary/aromatic N) is 4. The maximum Gasteiger partial charge on any atom is 0.519 e. The van der Waals surface area contributed by atoms with Crippen molar-refractivity contribution in [1.29, 1.82) is 0 Å². The Balaban J connectivity index is 1.56. The second-order valence-electron chi connectivity index (χ2n) is 10.8. The van der Waals surface area contributed by atoms with Gasteiger partial charge in [0.25, 0.3) is 0 Å². The highest BCUT2D eigenvalue weighted by Crippen LogP contribution is 2.41. The first-order valence-corrected chi connectivity index (χ1v) is 13.9. The number of rotatable bonds is 11. The van der Waals surface area contributed by atoms with Crippen molar-refractivity contribution in [3.63, 3.8) is 0 Å². The quantitative estimate of drug-likeness (QED) is 0.204. The van der Waals surface area contributed by atoms with E-state index in [1.165, 1.54) is 0 Å². The molecule has 220 valence electrons. The van der Waals surface area contributed by atoms with Crippen LogP contribution in [0.3, 0.4) is 0 Å². The molecule has 2 aromatic carbocycles. The Bertz CT molecular complexity index is 1650. The summed E-state index contributed by atoms with van der Waals surface area (Å²) in [5, 5.41) is 39.4. The van der Waals surface area contributed by atoms with E-state index in [9.17, 15) is 19.8 Å². The monoisotopic (exact) mass is 574 g/mol. The van der Waals surface area contributed by atoms with E-state index in [0.717, 1.165) is 22.3 Å². The molecule has 12 nitrogen and oxygen atoms in total. The summed E-state index contributed by atoms with van der Waals surface area (Å²) >= 11 is 0. The SMILES string of the molecule is CCCC1(Cc2oc(=O)oc2C)NC(C(C)(O)CC)=C(C(=O)O)N1Cc1ccc(-c2ccccc2-c2nnn[nH]2)cc1.